The summed E-state index contributed by atoms with van der Waals surface area (Å²) in [5.41, 5.74) is 0. The van der Waals surface area contributed by atoms with E-state index in [2.05, 4.69) is 13.8 Å². The summed E-state index contributed by atoms with van der Waals surface area (Å²) in [5, 5.41) is 0. The van der Waals surface area contributed by atoms with E-state index in [0.29, 0.717) is 51.5 Å². The molecule has 0 heterocycles. The van der Waals surface area contributed by atoms with Crippen molar-refractivity contribution in [1.29, 1.82) is 0 Å². The van der Waals surface area contributed by atoms with Crippen LogP contribution in [0.2, 0.25) is 12.1 Å². The minimum Gasteiger partial charge on any atom is -0.374 e. The van der Waals surface area contributed by atoms with Crippen LogP contribution in [0.4, 0.5) is 0 Å². The third-order valence-corrected chi connectivity index (χ3v) is 17.9. The molecule has 0 saturated heterocycles. The Morgan fingerprint density at radius 2 is 0.750 bits per heavy atom. The van der Waals surface area contributed by atoms with Gasteiger partial charge >= 0.3 is 17.6 Å². The lowest BCUT2D eigenvalue weighted by Crippen LogP contribution is -2.47. The molecule has 2 unspecified atom stereocenters. The third-order valence-electron chi connectivity index (χ3n) is 4.21. The Bertz CT molecular complexity index is 371. The number of hydrogen-bond acceptors (Lipinski definition) is 10. The molecule has 0 aliphatic carbocycles. The Kier molecular flexibility index (Phi) is 21.8. The smallest absolute Gasteiger partial charge is 0.374 e. The van der Waals surface area contributed by atoms with Gasteiger partial charge in [-0.25, -0.2) is 0 Å². The fourth-order valence-electron chi connectivity index (χ4n) is 3.22. The van der Waals surface area contributed by atoms with Crippen LogP contribution in [0, 0.1) is 11.8 Å². The van der Waals surface area contributed by atoms with E-state index >= 15 is 0 Å². The summed E-state index contributed by atoms with van der Waals surface area (Å²) in [4.78, 5) is 0. The molecule has 0 aromatic carbocycles. The molecule has 32 heavy (non-hydrogen) atoms. The monoisotopic (exact) mass is 566 g/mol. The first-order valence-corrected chi connectivity index (χ1v) is 20.8. The van der Waals surface area contributed by atoms with Crippen molar-refractivity contribution < 1.29 is 26.6 Å². The van der Waals surface area contributed by atoms with Crippen molar-refractivity contribution >= 4 is 58.8 Å². The standard InChI is InChI=1S/C20H46O6S4Si2/c1-9-21-31(22-10-2,23-11-3)17-19(7)15-27-29-30-28-16-20(8)18-32(24-12-4,25-13-5)26-14-6/h19-20H,9-18H2,1-8H3. The molecule has 12 heteroatoms. The van der Waals surface area contributed by atoms with E-state index < -0.39 is 17.6 Å². The second-order valence-electron chi connectivity index (χ2n) is 7.29. The molecule has 0 amide bonds. The molecule has 6 nitrogen and oxygen atoms in total. The van der Waals surface area contributed by atoms with Gasteiger partial charge in [0, 0.05) is 63.2 Å². The summed E-state index contributed by atoms with van der Waals surface area (Å²) in [6, 6.07) is 1.73. The molecule has 0 spiro atoms. The molecular weight excluding hydrogens is 521 g/mol. The van der Waals surface area contributed by atoms with Gasteiger partial charge < -0.3 is 26.6 Å². The minimum atomic E-state index is -2.56. The van der Waals surface area contributed by atoms with Crippen molar-refractivity contribution in [3.63, 3.8) is 0 Å². The zero-order valence-electron chi connectivity index (χ0n) is 21.3. The van der Waals surface area contributed by atoms with Gasteiger partial charge in [-0.15, -0.1) is 0 Å². The summed E-state index contributed by atoms with van der Waals surface area (Å²) in [6.07, 6.45) is 0. The van der Waals surface area contributed by atoms with E-state index in [1.807, 2.05) is 82.8 Å². The average molecular weight is 567 g/mol. The summed E-state index contributed by atoms with van der Waals surface area (Å²) in [5.74, 6) is 3.04. The quantitative estimate of drug-likeness (QED) is 0.0731. The van der Waals surface area contributed by atoms with Crippen molar-refractivity contribution in [2.24, 2.45) is 11.8 Å². The third kappa shape index (κ3) is 14.9. The second-order valence-corrected chi connectivity index (χ2v) is 18.7. The van der Waals surface area contributed by atoms with Gasteiger partial charge in [-0.1, -0.05) is 35.4 Å². The normalized spacial score (nSPS) is 14.6. The van der Waals surface area contributed by atoms with Gasteiger partial charge in [0.1, 0.15) is 0 Å². The molecule has 0 aliphatic heterocycles. The van der Waals surface area contributed by atoms with Crippen LogP contribution in [0.3, 0.4) is 0 Å². The zero-order chi connectivity index (χ0) is 24.3. The summed E-state index contributed by atoms with van der Waals surface area (Å²) < 4.78 is 35.9. The SMILES string of the molecule is CCO[Si](CC(C)CSSSSCC(C)C[Si](OCC)(OCC)OCC)(OCC)OCC. The summed E-state index contributed by atoms with van der Waals surface area (Å²) in [7, 11) is 2.36. The highest BCUT2D eigenvalue weighted by Gasteiger charge is 2.42. The van der Waals surface area contributed by atoms with Crippen LogP contribution >= 0.6 is 41.2 Å². The van der Waals surface area contributed by atoms with Crippen LogP contribution in [0.5, 0.6) is 0 Å². The summed E-state index contributed by atoms with van der Waals surface area (Å²) >= 11 is 0. The molecule has 0 aromatic rings. The van der Waals surface area contributed by atoms with Crippen LogP contribution in [0.25, 0.3) is 0 Å². The van der Waals surface area contributed by atoms with Gasteiger partial charge in [0.15, 0.2) is 0 Å². The fraction of sp³-hybridized carbons (Fsp3) is 1.00. The molecule has 0 fully saturated rings. The van der Waals surface area contributed by atoms with Crippen LogP contribution < -0.4 is 0 Å². The maximum Gasteiger partial charge on any atom is 0.501 e. The van der Waals surface area contributed by atoms with Crippen LogP contribution in [-0.4, -0.2) is 68.8 Å². The van der Waals surface area contributed by atoms with E-state index in [1.54, 1.807) is 0 Å². The molecule has 194 valence electrons. The van der Waals surface area contributed by atoms with E-state index in [0.717, 1.165) is 23.6 Å². The second kappa shape index (κ2) is 20.8. The predicted molar refractivity (Wildman–Crippen MR) is 149 cm³/mol. The minimum absolute atomic E-state index is 0.475. The highest BCUT2D eigenvalue weighted by atomic mass is 33.7. The molecule has 0 rings (SSSR count). The molecule has 2 atom stereocenters. The Hall–Kier alpha value is 1.59. The lowest BCUT2D eigenvalue weighted by molar-refractivity contribution is 0.0676. The van der Waals surface area contributed by atoms with Crippen molar-refractivity contribution in [2.45, 2.75) is 67.5 Å². The molecule has 0 aliphatic rings. The van der Waals surface area contributed by atoms with Crippen molar-refractivity contribution in [2.75, 3.05) is 51.1 Å². The highest BCUT2D eigenvalue weighted by Crippen LogP contribution is 2.45. The number of hydrogen-bond donors (Lipinski definition) is 0. The first-order valence-electron chi connectivity index (χ1n) is 11.8. The van der Waals surface area contributed by atoms with Gasteiger partial charge in [-0.05, 0) is 73.0 Å². The highest BCUT2D eigenvalue weighted by molar-refractivity contribution is 9.26. The maximum absolute atomic E-state index is 5.99. The largest absolute Gasteiger partial charge is 0.501 e. The molecule has 0 bridgehead atoms. The van der Waals surface area contributed by atoms with E-state index in [9.17, 15) is 0 Å². The zero-order valence-corrected chi connectivity index (χ0v) is 26.6. The number of rotatable bonds is 23. The van der Waals surface area contributed by atoms with Gasteiger partial charge in [0.25, 0.3) is 0 Å². The molecule has 0 saturated carbocycles. The van der Waals surface area contributed by atoms with Crippen LogP contribution in [0.15, 0.2) is 0 Å². The Morgan fingerprint density at radius 3 is 0.969 bits per heavy atom. The molecule has 0 N–H and O–H groups in total. The van der Waals surface area contributed by atoms with E-state index in [-0.39, 0.29) is 0 Å². The van der Waals surface area contributed by atoms with Crippen molar-refractivity contribution in [1.82, 2.24) is 0 Å². The van der Waals surface area contributed by atoms with Crippen molar-refractivity contribution in [3.8, 4) is 0 Å². The lowest BCUT2D eigenvalue weighted by Gasteiger charge is -2.30. The Labute approximate surface area is 215 Å². The Morgan fingerprint density at radius 1 is 0.500 bits per heavy atom. The van der Waals surface area contributed by atoms with E-state index in [4.69, 9.17) is 26.6 Å². The Balaban J connectivity index is 4.31. The first-order chi connectivity index (χ1) is 15.4. The van der Waals surface area contributed by atoms with E-state index in [1.165, 1.54) is 0 Å². The summed E-state index contributed by atoms with van der Waals surface area (Å²) in [6.45, 7) is 20.3. The van der Waals surface area contributed by atoms with Crippen molar-refractivity contribution in [3.05, 3.63) is 0 Å². The van der Waals surface area contributed by atoms with Gasteiger partial charge in [-0.2, -0.15) is 0 Å². The molecule has 0 aromatic heterocycles. The lowest BCUT2D eigenvalue weighted by atomic mass is 10.3. The fourth-order valence-corrected chi connectivity index (χ4v) is 16.2. The average Bonchev–Trinajstić information content (AvgIpc) is 2.71. The first kappa shape index (κ1) is 33.6. The predicted octanol–water partition coefficient (Wildman–Crippen LogP) is 7.03. The van der Waals surface area contributed by atoms with Gasteiger partial charge in [0.2, 0.25) is 0 Å². The van der Waals surface area contributed by atoms with Gasteiger partial charge in [-0.3, -0.25) is 0 Å². The molecular formula is C20H46O6S4Si2. The van der Waals surface area contributed by atoms with Crippen LogP contribution in [-0.2, 0) is 26.6 Å². The maximum atomic E-state index is 5.99. The topological polar surface area (TPSA) is 55.4 Å². The van der Waals surface area contributed by atoms with Crippen LogP contribution in [0.1, 0.15) is 55.4 Å². The van der Waals surface area contributed by atoms with Gasteiger partial charge in [0.05, 0.1) is 0 Å². The molecule has 0 radical (unpaired) electrons.